The van der Waals surface area contributed by atoms with Gasteiger partial charge in [0, 0.05) is 29.1 Å². The van der Waals surface area contributed by atoms with Crippen LogP contribution in [0.2, 0.25) is 0 Å². The molecule has 2 heterocycles. The first-order valence-corrected chi connectivity index (χ1v) is 18.8. The van der Waals surface area contributed by atoms with E-state index in [4.69, 9.17) is 9.97 Å². The summed E-state index contributed by atoms with van der Waals surface area (Å²) in [5.74, 6) is 0.673. The van der Waals surface area contributed by atoms with Gasteiger partial charge in [-0.25, -0.2) is 9.97 Å². The number of pyridine rings is 1. The van der Waals surface area contributed by atoms with Gasteiger partial charge in [-0.15, -0.1) is 0 Å². The highest BCUT2D eigenvalue weighted by atomic mass is 14.9. The molecule has 0 unspecified atom stereocenters. The number of benzene rings is 7. The first-order valence-electron chi connectivity index (χ1n) is 18.8. The molecule has 3 heteroatoms. The Kier molecular flexibility index (Phi) is 7.08. The predicted molar refractivity (Wildman–Crippen MR) is 223 cm³/mol. The average molecular weight is 700 g/mol. The van der Waals surface area contributed by atoms with Gasteiger partial charge in [-0.2, -0.15) is 0 Å². The summed E-state index contributed by atoms with van der Waals surface area (Å²) in [6, 6.07) is 67.9. The van der Waals surface area contributed by atoms with E-state index in [1.165, 1.54) is 66.8 Å². The molecule has 55 heavy (non-hydrogen) atoms. The molecule has 7 aromatic carbocycles. The predicted octanol–water partition coefficient (Wildman–Crippen LogP) is 12.6. The second-order valence-corrected chi connectivity index (χ2v) is 14.3. The number of fused-ring (bicyclic) bond motifs is 12. The number of hydrogen-bond donors (Lipinski definition) is 0. The second-order valence-electron chi connectivity index (χ2n) is 14.3. The Balaban J connectivity index is 1.16. The van der Waals surface area contributed by atoms with Gasteiger partial charge in [0.2, 0.25) is 0 Å². The third-order valence-electron chi connectivity index (χ3n) is 11.4. The molecular weight excluding hydrogens is 667 g/mol. The first-order chi connectivity index (χ1) is 27.3. The van der Waals surface area contributed by atoms with Gasteiger partial charge in [0.1, 0.15) is 0 Å². The average Bonchev–Trinajstić information content (AvgIpc) is 3.52. The maximum atomic E-state index is 5.30. The molecule has 2 aliphatic rings. The smallest absolute Gasteiger partial charge is 0.160 e. The normalized spacial score (nSPS) is 12.9. The van der Waals surface area contributed by atoms with Crippen molar-refractivity contribution >= 4 is 0 Å². The van der Waals surface area contributed by atoms with E-state index < -0.39 is 5.41 Å². The van der Waals surface area contributed by atoms with E-state index in [1.807, 2.05) is 18.3 Å². The molecule has 0 bridgehead atoms. The van der Waals surface area contributed by atoms with Crippen LogP contribution in [-0.2, 0) is 5.41 Å². The zero-order valence-electron chi connectivity index (χ0n) is 29.9. The number of nitrogens with zero attached hydrogens (tertiary/aromatic N) is 3. The van der Waals surface area contributed by atoms with E-state index in [9.17, 15) is 0 Å². The maximum absolute atomic E-state index is 5.30. The first kappa shape index (κ1) is 31.3. The van der Waals surface area contributed by atoms with Crippen molar-refractivity contribution in [2.24, 2.45) is 0 Å². The van der Waals surface area contributed by atoms with Crippen molar-refractivity contribution in [3.05, 3.63) is 223 Å². The molecule has 0 saturated carbocycles. The zero-order valence-corrected chi connectivity index (χ0v) is 29.9. The summed E-state index contributed by atoms with van der Waals surface area (Å²) in [7, 11) is 0. The van der Waals surface area contributed by atoms with Crippen LogP contribution in [0.3, 0.4) is 0 Å². The third kappa shape index (κ3) is 4.80. The Labute approximate surface area is 320 Å². The standard InChI is InChI=1S/C52H33N3/c1-2-13-34(14-3-1)35-24-26-36(27-25-35)49-32-50(38-15-12-30-53-33-38)55-51(54-49)37-28-29-48-44(31-37)40-17-5-4-16-39(40)41-18-6-9-21-45(41)52(48)46-22-10-7-19-42(46)43-20-8-11-23-47(43)52/h1-33H. The molecule has 1 spiro atoms. The Morgan fingerprint density at radius 1 is 0.309 bits per heavy atom. The van der Waals surface area contributed by atoms with Crippen molar-refractivity contribution in [3.8, 4) is 78.4 Å². The Morgan fingerprint density at radius 3 is 1.38 bits per heavy atom. The molecule has 0 aliphatic heterocycles. The fourth-order valence-electron chi connectivity index (χ4n) is 9.04. The van der Waals surface area contributed by atoms with Crippen molar-refractivity contribution in [2.75, 3.05) is 0 Å². The van der Waals surface area contributed by atoms with Crippen LogP contribution in [0.1, 0.15) is 22.3 Å². The maximum Gasteiger partial charge on any atom is 0.160 e. The SMILES string of the molecule is c1ccc(-c2ccc(-c3cc(-c4cccnc4)nc(-c4ccc5c(c4)-c4ccccc4-c4ccccc4C54c5ccccc5-c5ccccc54)n3)cc2)cc1. The molecule has 11 rings (SSSR count). The minimum Gasteiger partial charge on any atom is -0.264 e. The van der Waals surface area contributed by atoms with Crippen LogP contribution in [0.5, 0.6) is 0 Å². The van der Waals surface area contributed by atoms with E-state index in [2.05, 4.69) is 181 Å². The lowest BCUT2D eigenvalue weighted by molar-refractivity contribution is 0.775. The van der Waals surface area contributed by atoms with Crippen molar-refractivity contribution in [1.29, 1.82) is 0 Å². The second kappa shape index (κ2) is 12.4. The van der Waals surface area contributed by atoms with Gasteiger partial charge in [-0.1, -0.05) is 164 Å². The summed E-state index contributed by atoms with van der Waals surface area (Å²) in [6.07, 6.45) is 3.67. The topological polar surface area (TPSA) is 38.7 Å². The van der Waals surface area contributed by atoms with Crippen molar-refractivity contribution in [3.63, 3.8) is 0 Å². The van der Waals surface area contributed by atoms with Crippen LogP contribution in [0.4, 0.5) is 0 Å². The Hall–Kier alpha value is -7.23. The summed E-state index contributed by atoms with van der Waals surface area (Å²) in [6.45, 7) is 0. The lowest BCUT2D eigenvalue weighted by Crippen LogP contribution is -2.29. The van der Waals surface area contributed by atoms with Crippen molar-refractivity contribution in [1.82, 2.24) is 15.0 Å². The molecule has 0 fully saturated rings. The van der Waals surface area contributed by atoms with Crippen molar-refractivity contribution in [2.45, 2.75) is 5.41 Å². The van der Waals surface area contributed by atoms with Crippen LogP contribution in [0.15, 0.2) is 200 Å². The van der Waals surface area contributed by atoms with Crippen LogP contribution in [0, 0.1) is 0 Å². The molecule has 0 N–H and O–H groups in total. The summed E-state index contributed by atoms with van der Waals surface area (Å²) in [4.78, 5) is 15.0. The van der Waals surface area contributed by atoms with E-state index in [0.717, 1.165) is 28.1 Å². The summed E-state index contributed by atoms with van der Waals surface area (Å²) >= 11 is 0. The fraction of sp³-hybridized carbons (Fsp3) is 0.0192. The monoisotopic (exact) mass is 699 g/mol. The van der Waals surface area contributed by atoms with Gasteiger partial charge in [0.15, 0.2) is 5.82 Å². The molecular formula is C52H33N3. The largest absolute Gasteiger partial charge is 0.264 e. The van der Waals surface area contributed by atoms with E-state index in [-0.39, 0.29) is 0 Å². The molecule has 3 nitrogen and oxygen atoms in total. The lowest BCUT2D eigenvalue weighted by atomic mass is 9.66. The highest BCUT2D eigenvalue weighted by Crippen LogP contribution is 2.61. The fourth-order valence-corrected chi connectivity index (χ4v) is 9.04. The van der Waals surface area contributed by atoms with Gasteiger partial charge in [-0.3, -0.25) is 4.98 Å². The molecule has 2 aliphatic carbocycles. The van der Waals surface area contributed by atoms with E-state index in [0.29, 0.717) is 5.82 Å². The highest BCUT2D eigenvalue weighted by molar-refractivity contribution is 5.98. The number of hydrogen-bond acceptors (Lipinski definition) is 3. The van der Waals surface area contributed by atoms with E-state index in [1.54, 1.807) is 6.20 Å². The van der Waals surface area contributed by atoms with Gasteiger partial charge in [0.05, 0.1) is 16.8 Å². The van der Waals surface area contributed by atoms with Crippen LogP contribution in [-0.4, -0.2) is 15.0 Å². The Morgan fingerprint density at radius 2 is 0.764 bits per heavy atom. The summed E-state index contributed by atoms with van der Waals surface area (Å²) < 4.78 is 0. The quantitative estimate of drug-likeness (QED) is 0.184. The van der Waals surface area contributed by atoms with Gasteiger partial charge in [0.25, 0.3) is 0 Å². The zero-order chi connectivity index (χ0) is 36.3. The van der Waals surface area contributed by atoms with Gasteiger partial charge in [-0.05, 0) is 91.0 Å². The summed E-state index contributed by atoms with van der Waals surface area (Å²) in [5, 5.41) is 0. The highest BCUT2D eigenvalue weighted by Gasteiger charge is 2.49. The van der Waals surface area contributed by atoms with Crippen LogP contribution < -0.4 is 0 Å². The van der Waals surface area contributed by atoms with E-state index >= 15 is 0 Å². The minimum atomic E-state index is -0.527. The summed E-state index contributed by atoms with van der Waals surface area (Å²) in [5.41, 5.74) is 19.0. The molecule has 256 valence electrons. The molecule has 0 saturated heterocycles. The van der Waals surface area contributed by atoms with Gasteiger partial charge >= 0.3 is 0 Å². The molecule has 0 radical (unpaired) electrons. The lowest BCUT2D eigenvalue weighted by Gasteiger charge is -2.35. The molecule has 2 aromatic heterocycles. The van der Waals surface area contributed by atoms with Crippen LogP contribution >= 0.6 is 0 Å². The molecule has 0 amide bonds. The number of rotatable bonds is 4. The Bertz CT molecular complexity index is 2870. The third-order valence-corrected chi connectivity index (χ3v) is 11.4. The van der Waals surface area contributed by atoms with Gasteiger partial charge < -0.3 is 0 Å². The minimum absolute atomic E-state index is 0.527. The van der Waals surface area contributed by atoms with Crippen molar-refractivity contribution < 1.29 is 0 Å². The van der Waals surface area contributed by atoms with Crippen LogP contribution in [0.25, 0.3) is 78.4 Å². The number of aromatic nitrogens is 3. The molecule has 0 atom stereocenters. The molecule has 9 aromatic rings.